The third-order valence-electron chi connectivity index (χ3n) is 6.48. The van der Waals surface area contributed by atoms with E-state index in [0.29, 0.717) is 32.2 Å². The minimum atomic E-state index is -1.07. The molecule has 9 nitrogen and oxygen atoms in total. The standard InChI is InChI=1S/C26H39N3O6/c1-25(2,3)35-23(32)28-26(14-8-5-9-15-26)22(31)27-20-13-10-16-29(17-21(20)30)24(33)34-18-19-11-6-4-7-12-19/h4,6-7,11-12,20-21,30H,5,8-10,13-18H2,1-3H3,(H,27,31)(H,28,32). The molecule has 1 heterocycles. The summed E-state index contributed by atoms with van der Waals surface area (Å²) >= 11 is 0. The molecule has 3 N–H and O–H groups in total. The summed E-state index contributed by atoms with van der Waals surface area (Å²) in [6.07, 6.45) is 2.71. The normalized spacial score (nSPS) is 22.5. The Morgan fingerprint density at radius 1 is 1.09 bits per heavy atom. The van der Waals surface area contributed by atoms with Crippen molar-refractivity contribution in [1.29, 1.82) is 0 Å². The molecular formula is C26H39N3O6. The molecule has 3 rings (SSSR count). The number of nitrogens with zero attached hydrogens (tertiary/aromatic N) is 1. The second kappa shape index (κ2) is 11.7. The molecule has 2 aliphatic rings. The number of nitrogens with one attached hydrogen (secondary N) is 2. The number of likely N-dealkylation sites (tertiary alicyclic amines) is 1. The van der Waals surface area contributed by atoms with Crippen molar-refractivity contribution in [2.24, 2.45) is 0 Å². The fraction of sp³-hybridized carbons (Fsp3) is 0.654. The van der Waals surface area contributed by atoms with Crippen LogP contribution >= 0.6 is 0 Å². The van der Waals surface area contributed by atoms with E-state index in [9.17, 15) is 19.5 Å². The van der Waals surface area contributed by atoms with Gasteiger partial charge in [0.2, 0.25) is 5.91 Å². The van der Waals surface area contributed by atoms with Gasteiger partial charge in [0.25, 0.3) is 0 Å². The molecule has 1 aromatic carbocycles. The van der Waals surface area contributed by atoms with Crippen LogP contribution in [0.3, 0.4) is 0 Å². The van der Waals surface area contributed by atoms with Crippen molar-refractivity contribution in [3.05, 3.63) is 35.9 Å². The van der Waals surface area contributed by atoms with E-state index < -0.39 is 35.5 Å². The van der Waals surface area contributed by atoms with Crippen molar-refractivity contribution >= 4 is 18.1 Å². The number of carbonyl (C=O) groups is 3. The van der Waals surface area contributed by atoms with Crippen LogP contribution in [-0.4, -0.2) is 64.5 Å². The van der Waals surface area contributed by atoms with E-state index in [1.54, 1.807) is 20.8 Å². The van der Waals surface area contributed by atoms with Gasteiger partial charge in [0, 0.05) is 6.54 Å². The second-order valence-corrected chi connectivity index (χ2v) is 10.5. The highest BCUT2D eigenvalue weighted by atomic mass is 16.6. The first-order valence-corrected chi connectivity index (χ1v) is 12.5. The van der Waals surface area contributed by atoms with Gasteiger partial charge in [0.05, 0.1) is 18.7 Å². The average molecular weight is 490 g/mol. The van der Waals surface area contributed by atoms with Crippen molar-refractivity contribution in [2.75, 3.05) is 13.1 Å². The van der Waals surface area contributed by atoms with Gasteiger partial charge in [-0.05, 0) is 52.0 Å². The molecule has 1 aliphatic heterocycles. The Morgan fingerprint density at radius 2 is 1.77 bits per heavy atom. The van der Waals surface area contributed by atoms with Gasteiger partial charge in [-0.25, -0.2) is 9.59 Å². The highest BCUT2D eigenvalue weighted by molar-refractivity contribution is 5.90. The number of ether oxygens (including phenoxy) is 2. The first kappa shape index (κ1) is 26.8. The van der Waals surface area contributed by atoms with Crippen LogP contribution in [0.15, 0.2) is 30.3 Å². The molecule has 2 atom stereocenters. The Balaban J connectivity index is 1.59. The molecule has 0 bridgehead atoms. The van der Waals surface area contributed by atoms with Crippen LogP contribution in [0.2, 0.25) is 0 Å². The Kier molecular flexibility index (Phi) is 8.99. The predicted molar refractivity (Wildman–Crippen MR) is 131 cm³/mol. The van der Waals surface area contributed by atoms with E-state index in [-0.39, 0.29) is 19.1 Å². The summed E-state index contributed by atoms with van der Waals surface area (Å²) in [6.45, 7) is 5.98. The van der Waals surface area contributed by atoms with E-state index in [1.807, 2.05) is 30.3 Å². The molecule has 0 aromatic heterocycles. The van der Waals surface area contributed by atoms with Crippen LogP contribution in [0.4, 0.5) is 9.59 Å². The zero-order chi connectivity index (χ0) is 25.5. The van der Waals surface area contributed by atoms with E-state index in [1.165, 1.54) is 4.90 Å². The highest BCUT2D eigenvalue weighted by Crippen LogP contribution is 2.29. The van der Waals surface area contributed by atoms with Gasteiger partial charge in [0.15, 0.2) is 0 Å². The zero-order valence-electron chi connectivity index (χ0n) is 21.0. The fourth-order valence-corrected chi connectivity index (χ4v) is 4.65. The Bertz CT molecular complexity index is 864. The van der Waals surface area contributed by atoms with Crippen molar-refractivity contribution in [3.8, 4) is 0 Å². The van der Waals surface area contributed by atoms with Crippen molar-refractivity contribution < 1.29 is 29.0 Å². The molecule has 1 aliphatic carbocycles. The van der Waals surface area contributed by atoms with Crippen LogP contribution in [0.5, 0.6) is 0 Å². The first-order chi connectivity index (χ1) is 16.6. The number of benzene rings is 1. The van der Waals surface area contributed by atoms with Crippen molar-refractivity contribution in [2.45, 2.75) is 95.6 Å². The lowest BCUT2D eigenvalue weighted by Gasteiger charge is -2.38. The second-order valence-electron chi connectivity index (χ2n) is 10.5. The third kappa shape index (κ3) is 7.85. The monoisotopic (exact) mass is 489 g/mol. The summed E-state index contributed by atoms with van der Waals surface area (Å²) in [5.41, 5.74) is -0.857. The number of amides is 3. The number of hydrogen-bond donors (Lipinski definition) is 3. The summed E-state index contributed by atoms with van der Waals surface area (Å²) in [6, 6.07) is 8.87. The van der Waals surface area contributed by atoms with Crippen LogP contribution in [-0.2, 0) is 20.9 Å². The van der Waals surface area contributed by atoms with Gasteiger partial charge in [0.1, 0.15) is 17.7 Å². The number of aliphatic hydroxyl groups is 1. The van der Waals surface area contributed by atoms with E-state index in [0.717, 1.165) is 24.8 Å². The number of β-amino-alcohol motifs (C(OH)–C–C–N with tert-alkyl or cyclic N) is 1. The predicted octanol–water partition coefficient (Wildman–Crippen LogP) is 3.49. The molecule has 1 aromatic rings. The molecule has 1 saturated carbocycles. The van der Waals surface area contributed by atoms with Crippen LogP contribution in [0.25, 0.3) is 0 Å². The zero-order valence-corrected chi connectivity index (χ0v) is 21.0. The lowest BCUT2D eigenvalue weighted by atomic mass is 9.80. The van der Waals surface area contributed by atoms with E-state index in [2.05, 4.69) is 10.6 Å². The molecule has 194 valence electrons. The lowest BCUT2D eigenvalue weighted by Crippen LogP contribution is -2.63. The number of aliphatic hydroxyl groups excluding tert-OH is 1. The summed E-state index contributed by atoms with van der Waals surface area (Å²) in [5, 5.41) is 16.6. The number of carbonyl (C=O) groups excluding carboxylic acids is 3. The minimum absolute atomic E-state index is 0.0606. The maximum atomic E-state index is 13.4. The van der Waals surface area contributed by atoms with Crippen molar-refractivity contribution in [3.63, 3.8) is 0 Å². The third-order valence-corrected chi connectivity index (χ3v) is 6.48. The maximum Gasteiger partial charge on any atom is 0.410 e. The minimum Gasteiger partial charge on any atom is -0.445 e. The van der Waals surface area contributed by atoms with Crippen molar-refractivity contribution in [1.82, 2.24) is 15.5 Å². The topological polar surface area (TPSA) is 117 Å². The summed E-state index contributed by atoms with van der Waals surface area (Å²) in [5.74, 6) is -0.313. The van der Waals surface area contributed by atoms with Crippen LogP contribution < -0.4 is 10.6 Å². The lowest BCUT2D eigenvalue weighted by molar-refractivity contribution is -0.130. The summed E-state index contributed by atoms with van der Waals surface area (Å²) < 4.78 is 10.8. The summed E-state index contributed by atoms with van der Waals surface area (Å²) in [4.78, 5) is 40.0. The average Bonchev–Trinajstić information content (AvgIpc) is 2.98. The van der Waals surface area contributed by atoms with Gasteiger partial charge in [-0.3, -0.25) is 4.79 Å². The van der Waals surface area contributed by atoms with Gasteiger partial charge < -0.3 is 30.1 Å². The van der Waals surface area contributed by atoms with Gasteiger partial charge in [-0.2, -0.15) is 0 Å². The molecule has 35 heavy (non-hydrogen) atoms. The number of alkyl carbamates (subject to hydrolysis) is 1. The molecule has 0 spiro atoms. The molecule has 3 amide bonds. The van der Waals surface area contributed by atoms with E-state index in [4.69, 9.17) is 9.47 Å². The fourth-order valence-electron chi connectivity index (χ4n) is 4.65. The molecule has 1 saturated heterocycles. The first-order valence-electron chi connectivity index (χ1n) is 12.5. The quantitative estimate of drug-likeness (QED) is 0.583. The Labute approximate surface area is 207 Å². The number of rotatable bonds is 5. The molecule has 9 heteroatoms. The molecule has 0 radical (unpaired) electrons. The van der Waals surface area contributed by atoms with Gasteiger partial charge in [-0.15, -0.1) is 0 Å². The maximum absolute atomic E-state index is 13.4. The van der Waals surface area contributed by atoms with Crippen LogP contribution in [0.1, 0.15) is 71.3 Å². The smallest absolute Gasteiger partial charge is 0.410 e. The SMILES string of the molecule is CC(C)(C)OC(=O)NC1(C(=O)NC2CCCN(C(=O)OCc3ccccc3)CC2O)CCCCC1. The Hall–Kier alpha value is -2.81. The molecule has 2 fully saturated rings. The van der Waals surface area contributed by atoms with Gasteiger partial charge >= 0.3 is 12.2 Å². The Morgan fingerprint density at radius 3 is 2.43 bits per heavy atom. The summed E-state index contributed by atoms with van der Waals surface area (Å²) in [7, 11) is 0. The van der Waals surface area contributed by atoms with Crippen LogP contribution in [0, 0.1) is 0 Å². The number of hydrogen-bond acceptors (Lipinski definition) is 6. The molecule has 2 unspecified atom stereocenters. The highest BCUT2D eigenvalue weighted by Gasteiger charge is 2.43. The molecular weight excluding hydrogens is 450 g/mol. The largest absolute Gasteiger partial charge is 0.445 e. The van der Waals surface area contributed by atoms with E-state index >= 15 is 0 Å². The van der Waals surface area contributed by atoms with Gasteiger partial charge in [-0.1, -0.05) is 49.6 Å².